The lowest BCUT2D eigenvalue weighted by Crippen LogP contribution is -2.35. The van der Waals surface area contributed by atoms with Gasteiger partial charge < -0.3 is 5.73 Å². The van der Waals surface area contributed by atoms with Crippen molar-refractivity contribution in [1.82, 2.24) is 5.32 Å². The highest BCUT2D eigenvalue weighted by atomic mass is 35.8. The Kier molecular flexibility index (Phi) is 7.55. The minimum Gasteiger partial charge on any atom is -0.322 e. The van der Waals surface area contributed by atoms with Crippen molar-refractivity contribution in [2.45, 2.75) is 25.3 Å². The van der Waals surface area contributed by atoms with Crippen LogP contribution in [0.1, 0.15) is 19.3 Å². The molecular weight excluding hydrogens is 279 g/mol. The molecule has 0 saturated carbocycles. The molecule has 0 aromatic rings. The van der Waals surface area contributed by atoms with Gasteiger partial charge in [0.15, 0.2) is 0 Å². The highest BCUT2D eigenvalue weighted by Gasteiger charge is 2.23. The molecule has 15 heavy (non-hydrogen) atoms. The van der Waals surface area contributed by atoms with Gasteiger partial charge in [0.25, 0.3) is 0 Å². The maximum atomic E-state index is 11.1. The largest absolute Gasteiger partial charge is 0.341 e. The molecular formula is C7H13Cl3N2O2Si. The van der Waals surface area contributed by atoms with Crippen molar-refractivity contribution in [3.05, 3.63) is 0 Å². The number of nitrogens with two attached hydrogens (primary N) is 1. The van der Waals surface area contributed by atoms with Crippen molar-refractivity contribution in [3.63, 3.8) is 0 Å². The number of carbonyl (C=O) groups is 2. The zero-order valence-electron chi connectivity index (χ0n) is 8.06. The molecule has 2 amide bonds. The first-order valence-corrected chi connectivity index (χ1v) is 9.69. The standard InChI is InChI=1S/C7H13Cl3N2O2Si/c8-15(9,10)4-2-1-3-6(13)12-7(14)5-11/h1-5,11H2,(H,12,13,14). The molecule has 0 rings (SSSR count). The van der Waals surface area contributed by atoms with Gasteiger partial charge in [0.1, 0.15) is 0 Å². The van der Waals surface area contributed by atoms with Gasteiger partial charge in [-0.1, -0.05) is 6.42 Å². The second kappa shape index (κ2) is 7.46. The van der Waals surface area contributed by atoms with Gasteiger partial charge in [-0.15, -0.1) is 33.2 Å². The van der Waals surface area contributed by atoms with Gasteiger partial charge in [0.2, 0.25) is 11.8 Å². The molecule has 8 heteroatoms. The van der Waals surface area contributed by atoms with Crippen molar-refractivity contribution < 1.29 is 9.59 Å². The summed E-state index contributed by atoms with van der Waals surface area (Å²) in [6.45, 7) is -0.188. The molecule has 0 aliphatic carbocycles. The van der Waals surface area contributed by atoms with Crippen LogP contribution in [0, 0.1) is 0 Å². The minimum absolute atomic E-state index is 0.188. The molecule has 0 aliphatic rings. The van der Waals surface area contributed by atoms with E-state index in [2.05, 4.69) is 5.32 Å². The van der Waals surface area contributed by atoms with Crippen LogP contribution in [0.3, 0.4) is 0 Å². The monoisotopic (exact) mass is 290 g/mol. The van der Waals surface area contributed by atoms with Crippen molar-refractivity contribution in [3.8, 4) is 0 Å². The number of rotatable bonds is 6. The van der Waals surface area contributed by atoms with E-state index in [0.29, 0.717) is 18.9 Å². The van der Waals surface area contributed by atoms with E-state index in [0.717, 1.165) is 0 Å². The number of halogens is 3. The summed E-state index contributed by atoms with van der Waals surface area (Å²) in [7, 11) is 0. The number of nitrogens with one attached hydrogen (secondary N) is 1. The Hall–Kier alpha value is 0.187. The Morgan fingerprint density at radius 2 is 1.73 bits per heavy atom. The fraction of sp³-hybridized carbons (Fsp3) is 0.714. The van der Waals surface area contributed by atoms with Crippen molar-refractivity contribution in [1.29, 1.82) is 0 Å². The van der Waals surface area contributed by atoms with E-state index in [1.54, 1.807) is 0 Å². The fourth-order valence-corrected chi connectivity index (χ4v) is 2.73. The first kappa shape index (κ1) is 15.2. The summed E-state index contributed by atoms with van der Waals surface area (Å²) >= 11 is 17.0. The number of amides is 2. The predicted molar refractivity (Wildman–Crippen MR) is 64.2 cm³/mol. The van der Waals surface area contributed by atoms with E-state index in [1.807, 2.05) is 0 Å². The summed E-state index contributed by atoms with van der Waals surface area (Å²) in [4.78, 5) is 21.8. The Morgan fingerprint density at radius 3 is 2.20 bits per heavy atom. The van der Waals surface area contributed by atoms with Crippen LogP contribution in [-0.4, -0.2) is 24.4 Å². The first-order chi connectivity index (χ1) is 6.85. The number of carbonyl (C=O) groups excluding carboxylic acids is 2. The van der Waals surface area contributed by atoms with Crippen LogP contribution in [0.15, 0.2) is 0 Å². The average molecular weight is 292 g/mol. The molecule has 0 aromatic heterocycles. The number of unbranched alkanes of at least 4 members (excludes halogenated alkanes) is 1. The van der Waals surface area contributed by atoms with Crippen molar-refractivity contribution in [2.75, 3.05) is 6.54 Å². The molecule has 0 saturated heterocycles. The average Bonchev–Trinajstić information content (AvgIpc) is 2.11. The van der Waals surface area contributed by atoms with E-state index < -0.39 is 11.9 Å². The molecule has 0 unspecified atom stereocenters. The molecule has 3 N–H and O–H groups in total. The number of hydrogen-bond acceptors (Lipinski definition) is 3. The van der Waals surface area contributed by atoms with Crippen LogP contribution in [-0.2, 0) is 9.59 Å². The van der Waals surface area contributed by atoms with Crippen molar-refractivity contribution >= 4 is 51.1 Å². The third kappa shape index (κ3) is 10.5. The second-order valence-corrected chi connectivity index (χ2v) is 12.3. The quantitative estimate of drug-likeness (QED) is 0.441. The maximum absolute atomic E-state index is 11.1. The van der Waals surface area contributed by atoms with E-state index in [4.69, 9.17) is 39.0 Å². The lowest BCUT2D eigenvalue weighted by Gasteiger charge is -2.06. The summed E-state index contributed by atoms with van der Waals surface area (Å²) in [6, 6.07) is -2.05. The SMILES string of the molecule is NCC(=O)NC(=O)CCCC[Si](Cl)(Cl)Cl. The molecule has 0 aliphatic heterocycles. The van der Waals surface area contributed by atoms with Crippen LogP contribution in [0.5, 0.6) is 0 Å². The molecule has 4 nitrogen and oxygen atoms in total. The van der Waals surface area contributed by atoms with Gasteiger partial charge in [-0.25, -0.2) is 0 Å². The van der Waals surface area contributed by atoms with E-state index in [-0.39, 0.29) is 18.9 Å². The van der Waals surface area contributed by atoms with Crippen LogP contribution in [0.2, 0.25) is 6.04 Å². The molecule has 0 aromatic carbocycles. The Labute approximate surface area is 104 Å². The van der Waals surface area contributed by atoms with Crippen LogP contribution < -0.4 is 11.1 Å². The molecule has 0 heterocycles. The molecule has 0 atom stereocenters. The van der Waals surface area contributed by atoms with Gasteiger partial charge in [-0.3, -0.25) is 14.9 Å². The van der Waals surface area contributed by atoms with E-state index in [9.17, 15) is 9.59 Å². The normalized spacial score (nSPS) is 11.2. The van der Waals surface area contributed by atoms with Crippen molar-refractivity contribution in [2.24, 2.45) is 5.73 Å². The molecule has 0 spiro atoms. The fourth-order valence-electron chi connectivity index (χ4n) is 0.880. The number of hydrogen-bond donors (Lipinski definition) is 2. The smallest absolute Gasteiger partial charge is 0.322 e. The van der Waals surface area contributed by atoms with Crippen LogP contribution in [0.4, 0.5) is 0 Å². The summed E-state index contributed by atoms with van der Waals surface area (Å²) in [5, 5.41) is 2.14. The number of imide groups is 1. The minimum atomic E-state index is -2.57. The lowest BCUT2D eigenvalue weighted by molar-refractivity contribution is -0.129. The summed E-state index contributed by atoms with van der Waals surface area (Å²) in [5.74, 6) is -0.813. The Balaban J connectivity index is 3.52. The lowest BCUT2D eigenvalue weighted by atomic mass is 10.2. The Bertz CT molecular complexity index is 233. The van der Waals surface area contributed by atoms with E-state index in [1.165, 1.54) is 0 Å². The second-order valence-electron chi connectivity index (χ2n) is 3.00. The van der Waals surface area contributed by atoms with Crippen LogP contribution in [0.25, 0.3) is 0 Å². The van der Waals surface area contributed by atoms with Gasteiger partial charge in [0, 0.05) is 6.42 Å². The first-order valence-electron chi connectivity index (χ1n) is 4.44. The van der Waals surface area contributed by atoms with Gasteiger partial charge in [-0.05, 0) is 12.5 Å². The zero-order chi connectivity index (χ0) is 11.9. The summed E-state index contributed by atoms with van der Waals surface area (Å²) in [6.07, 6.45) is 1.53. The maximum Gasteiger partial charge on any atom is 0.341 e. The van der Waals surface area contributed by atoms with Gasteiger partial charge in [0.05, 0.1) is 6.54 Å². The van der Waals surface area contributed by atoms with E-state index >= 15 is 0 Å². The highest BCUT2D eigenvalue weighted by Crippen LogP contribution is 2.27. The summed E-state index contributed by atoms with van der Waals surface area (Å²) < 4.78 is 0. The molecule has 88 valence electrons. The van der Waals surface area contributed by atoms with Gasteiger partial charge >= 0.3 is 6.00 Å². The predicted octanol–water partition coefficient (Wildman–Crippen LogP) is 1.41. The third-order valence-corrected chi connectivity index (χ3v) is 4.20. The zero-order valence-corrected chi connectivity index (χ0v) is 11.3. The topological polar surface area (TPSA) is 72.2 Å². The Morgan fingerprint density at radius 1 is 1.13 bits per heavy atom. The highest BCUT2D eigenvalue weighted by molar-refractivity contribution is 7.64. The molecule has 0 radical (unpaired) electrons. The van der Waals surface area contributed by atoms with Crippen LogP contribution >= 0.6 is 33.2 Å². The molecule has 0 bridgehead atoms. The van der Waals surface area contributed by atoms with Gasteiger partial charge in [-0.2, -0.15) is 0 Å². The third-order valence-electron chi connectivity index (χ3n) is 1.58. The molecule has 0 fully saturated rings. The summed E-state index contributed by atoms with van der Waals surface area (Å²) in [5.41, 5.74) is 5.02.